The highest BCUT2D eigenvalue weighted by atomic mass is 35.5. The molecule has 6 N–H and O–H groups in total. The third-order valence-electron chi connectivity index (χ3n) is 18.5. The van der Waals surface area contributed by atoms with Crippen molar-refractivity contribution >= 4 is 227 Å². The van der Waals surface area contributed by atoms with E-state index in [1.54, 1.807) is 218 Å². The van der Waals surface area contributed by atoms with E-state index in [2.05, 4.69) is 26.6 Å². The van der Waals surface area contributed by atoms with Crippen molar-refractivity contribution in [2.45, 2.75) is 32.1 Å². The smallest absolute Gasteiger partial charge is 0.315 e. The van der Waals surface area contributed by atoms with Gasteiger partial charge in [-0.05, 0) is 190 Å². The lowest BCUT2D eigenvalue weighted by Crippen LogP contribution is -2.14. The molecule has 0 aromatic heterocycles. The lowest BCUT2D eigenvalue weighted by molar-refractivity contribution is -0.134. The molecular formula is C98H69Cl10N5O11. The van der Waals surface area contributed by atoms with Gasteiger partial charge in [-0.15, -0.1) is 0 Å². The summed E-state index contributed by atoms with van der Waals surface area (Å²) in [6.07, 6.45) is 6.84. The molecule has 0 aliphatic carbocycles. The lowest BCUT2D eigenvalue weighted by atomic mass is 10.1. The van der Waals surface area contributed by atoms with Crippen LogP contribution in [0.4, 0.5) is 56.9 Å². The van der Waals surface area contributed by atoms with Gasteiger partial charge in [-0.3, -0.25) is 24.0 Å². The number of phenolic OH excluding ortho intramolecular Hbond substituents is 1. The molecule has 14 rings (SSSR count). The van der Waals surface area contributed by atoms with E-state index in [0.29, 0.717) is 158 Å². The Hall–Kier alpha value is -12.4. The van der Waals surface area contributed by atoms with E-state index in [9.17, 15) is 29.1 Å². The molecule has 0 aliphatic rings. The molecule has 0 atom stereocenters. The second kappa shape index (κ2) is 43.1. The summed E-state index contributed by atoms with van der Waals surface area (Å²) in [6.45, 7) is 0. The zero-order valence-electron chi connectivity index (χ0n) is 64.9. The molecule has 0 bridgehead atoms. The van der Waals surface area contributed by atoms with Gasteiger partial charge in [0.2, 0.25) is 0 Å². The van der Waals surface area contributed by atoms with Crippen LogP contribution in [-0.2, 0) is 56.1 Å². The average Bonchev–Trinajstić information content (AvgIpc) is 1.08. The molecule has 124 heavy (non-hydrogen) atoms. The standard InChI is InChI=1S/C56H39Cl6N3O6.C42H30Cl4N2O5/c57-42-13-7-14-43(58)54(42)63-48-19-4-1-10-36(48)30-51(66)69-39-26-24-34(25-27-39)22-23-35-28-40(70-52(67)31-37-11-2-5-20-49(37)64-55-44(59)15-8-16-45(55)60)33-41(29-35)71-53(68)32-38-12-3-6-21-50(38)65-56-46(61)17-9-18-47(56)62;43-33-9-5-10-34(44)41(33)47-37-13-3-1-7-28(37)23-39(50)52-31-19-17-26(18-20-31)15-16-27-21-30(49)25-32(22-27)53-40(51)24-29-8-2-4-14-38(29)48-42-35(45)11-6-12-36(42)46/h1-29,33,63-65H,30-32H2;1-22,25,47-49H,23-24H2/b23-22+;16-15+. The van der Waals surface area contributed by atoms with Crippen LogP contribution in [-0.4, -0.2) is 35.0 Å². The van der Waals surface area contributed by atoms with Crippen LogP contribution >= 0.6 is 116 Å². The molecule has 14 aromatic carbocycles. The lowest BCUT2D eigenvalue weighted by Gasteiger charge is -2.15. The van der Waals surface area contributed by atoms with Crippen LogP contribution in [0.3, 0.4) is 0 Å². The van der Waals surface area contributed by atoms with Gasteiger partial charge in [-0.25, -0.2) is 0 Å². The molecule has 0 amide bonds. The van der Waals surface area contributed by atoms with Gasteiger partial charge in [0.15, 0.2) is 0 Å². The number of aromatic hydroxyl groups is 1. The highest BCUT2D eigenvalue weighted by Gasteiger charge is 2.22. The number of phenols is 1. The number of ether oxygens (including phenoxy) is 5. The molecule has 0 radical (unpaired) electrons. The van der Waals surface area contributed by atoms with Crippen molar-refractivity contribution in [3.63, 3.8) is 0 Å². The van der Waals surface area contributed by atoms with E-state index in [-0.39, 0.29) is 55.1 Å². The summed E-state index contributed by atoms with van der Waals surface area (Å²) >= 11 is 63.8. The van der Waals surface area contributed by atoms with Crippen molar-refractivity contribution in [3.05, 3.63) is 398 Å². The molecule has 0 unspecified atom stereocenters. The van der Waals surface area contributed by atoms with Gasteiger partial charge in [0.25, 0.3) is 0 Å². The van der Waals surface area contributed by atoms with Gasteiger partial charge in [0, 0.05) is 40.6 Å². The van der Waals surface area contributed by atoms with Gasteiger partial charge < -0.3 is 55.4 Å². The van der Waals surface area contributed by atoms with Crippen LogP contribution in [0.25, 0.3) is 24.3 Å². The molecule has 26 heteroatoms. The number of carbonyl (C=O) groups is 5. The fourth-order valence-electron chi connectivity index (χ4n) is 12.6. The van der Waals surface area contributed by atoms with Gasteiger partial charge in [0.05, 0.1) is 111 Å². The molecule has 14 aromatic rings. The molecule has 0 saturated carbocycles. The number of halogens is 10. The first-order valence-electron chi connectivity index (χ1n) is 38.0. The topological polar surface area (TPSA) is 212 Å². The summed E-state index contributed by atoms with van der Waals surface area (Å²) in [5.74, 6) is -1.53. The molecule has 0 heterocycles. The Morgan fingerprint density at radius 1 is 0.226 bits per heavy atom. The minimum atomic E-state index is -0.587. The van der Waals surface area contributed by atoms with E-state index in [0.717, 1.165) is 11.1 Å². The minimum Gasteiger partial charge on any atom is -0.508 e. The van der Waals surface area contributed by atoms with Crippen molar-refractivity contribution in [1.82, 2.24) is 0 Å². The molecule has 622 valence electrons. The first-order chi connectivity index (χ1) is 59.9. The number of hydrogen-bond acceptors (Lipinski definition) is 16. The molecule has 0 spiro atoms. The Kier molecular flexibility index (Phi) is 31.1. The fourth-order valence-corrected chi connectivity index (χ4v) is 15.1. The number of hydrogen-bond donors (Lipinski definition) is 6. The molecule has 0 aliphatic heterocycles. The third kappa shape index (κ3) is 25.2. The Labute approximate surface area is 764 Å². The zero-order valence-corrected chi connectivity index (χ0v) is 72.5. The van der Waals surface area contributed by atoms with E-state index in [1.165, 1.54) is 12.1 Å². The Morgan fingerprint density at radius 2 is 0.427 bits per heavy atom. The maximum atomic E-state index is 13.6. The van der Waals surface area contributed by atoms with Crippen molar-refractivity contribution in [2.24, 2.45) is 0 Å². The first-order valence-corrected chi connectivity index (χ1v) is 41.8. The number of rotatable bonds is 29. The quantitative estimate of drug-likeness (QED) is 0.0146. The normalized spacial score (nSPS) is 11.0. The van der Waals surface area contributed by atoms with Gasteiger partial charge in [-0.2, -0.15) is 0 Å². The van der Waals surface area contributed by atoms with Gasteiger partial charge in [-0.1, -0.05) is 286 Å². The van der Waals surface area contributed by atoms with E-state index < -0.39 is 29.8 Å². The van der Waals surface area contributed by atoms with Crippen LogP contribution in [0.2, 0.25) is 50.2 Å². The summed E-state index contributed by atoms with van der Waals surface area (Å²) < 4.78 is 28.7. The van der Waals surface area contributed by atoms with Crippen molar-refractivity contribution in [3.8, 4) is 34.5 Å². The predicted molar refractivity (Wildman–Crippen MR) is 503 cm³/mol. The van der Waals surface area contributed by atoms with Crippen LogP contribution in [0.15, 0.2) is 297 Å². The summed E-state index contributed by atoms with van der Waals surface area (Å²) in [6, 6.07) is 85.4. The maximum Gasteiger partial charge on any atom is 0.315 e. The second-order valence-electron chi connectivity index (χ2n) is 27.5. The summed E-state index contributed by atoms with van der Waals surface area (Å²) in [7, 11) is 0. The van der Waals surface area contributed by atoms with Crippen LogP contribution in [0, 0.1) is 0 Å². The zero-order chi connectivity index (χ0) is 87.2. The molecule has 0 fully saturated rings. The Balaban J connectivity index is 0.000000222. The van der Waals surface area contributed by atoms with Crippen LogP contribution < -0.4 is 50.3 Å². The molecule has 0 saturated heterocycles. The van der Waals surface area contributed by atoms with Crippen LogP contribution in [0.1, 0.15) is 50.1 Å². The van der Waals surface area contributed by atoms with E-state index >= 15 is 0 Å². The largest absolute Gasteiger partial charge is 0.508 e. The number of carbonyl (C=O) groups excluding carboxylic acids is 5. The predicted octanol–water partition coefficient (Wildman–Crippen LogP) is 28.4. The second-order valence-corrected chi connectivity index (χ2v) is 31.5. The summed E-state index contributed by atoms with van der Waals surface area (Å²) in [5, 5.41) is 30.8. The monoisotopic (exact) mass is 1840 g/mol. The van der Waals surface area contributed by atoms with Crippen molar-refractivity contribution in [1.29, 1.82) is 0 Å². The number of benzene rings is 14. The number of para-hydroxylation sites is 10. The number of esters is 5. The highest BCUT2D eigenvalue weighted by molar-refractivity contribution is 6.42. The third-order valence-corrected chi connectivity index (χ3v) is 21.7. The highest BCUT2D eigenvalue weighted by Crippen LogP contribution is 2.41. The average molecular weight is 1850 g/mol. The summed E-state index contributed by atoms with van der Waals surface area (Å²) in [5.41, 5.74) is 11.8. The number of anilines is 10. The Morgan fingerprint density at radius 3 is 0.669 bits per heavy atom. The van der Waals surface area contributed by atoms with Gasteiger partial charge >= 0.3 is 29.8 Å². The van der Waals surface area contributed by atoms with Crippen LogP contribution in [0.5, 0.6) is 34.5 Å². The first kappa shape index (κ1) is 89.4. The molecular weight excluding hydrogens is 1780 g/mol. The number of nitrogens with one attached hydrogen (secondary N) is 5. The Bertz CT molecular complexity index is 6120. The van der Waals surface area contributed by atoms with E-state index in [1.807, 2.05) is 91.0 Å². The molecule has 16 nitrogen and oxygen atoms in total. The SMILES string of the molecule is O=C(Cc1ccccc1Nc1c(Cl)cccc1Cl)Oc1ccc(/C=C/c2cc(O)cc(OC(=O)Cc3ccccc3Nc3c(Cl)cccc3Cl)c2)cc1.O=C(Cc1ccccc1Nc1c(Cl)cccc1Cl)Oc1ccc(/C=C/c2cc(OC(=O)Cc3ccccc3Nc3c(Cl)cccc3Cl)cc(OC(=O)Cc3ccccc3Nc3c(Cl)cccc3Cl)c2)cc1. The maximum absolute atomic E-state index is 13.6. The minimum absolute atomic E-state index is 0.0120. The van der Waals surface area contributed by atoms with Crippen molar-refractivity contribution < 1.29 is 52.8 Å². The van der Waals surface area contributed by atoms with Gasteiger partial charge in [0.1, 0.15) is 34.5 Å². The van der Waals surface area contributed by atoms with Crippen molar-refractivity contribution in [2.75, 3.05) is 26.6 Å². The van der Waals surface area contributed by atoms with E-state index in [4.69, 9.17) is 140 Å². The summed E-state index contributed by atoms with van der Waals surface area (Å²) in [4.78, 5) is 66.3. The fraction of sp³-hybridized carbons (Fsp3) is 0.0510.